The zero-order valence-corrected chi connectivity index (χ0v) is 25.3. The number of phenolic OH excluding ortho intramolecular Hbond substituents is 1. The van der Waals surface area contributed by atoms with Crippen LogP contribution in [-0.2, 0) is 30.4 Å². The lowest BCUT2D eigenvalue weighted by atomic mass is 10.0. The van der Waals surface area contributed by atoms with Gasteiger partial charge in [0.1, 0.15) is 21.2 Å². The lowest BCUT2D eigenvalue weighted by molar-refractivity contribution is -0.604. The summed E-state index contributed by atoms with van der Waals surface area (Å²) in [7, 11) is -15.2. The molecule has 0 aliphatic heterocycles. The number of fused-ring (bicyclic) bond motifs is 1. The van der Waals surface area contributed by atoms with Crippen molar-refractivity contribution in [2.24, 2.45) is 10.2 Å². The van der Waals surface area contributed by atoms with Crippen molar-refractivity contribution in [2.75, 3.05) is 0 Å². The molecule has 0 saturated heterocycles. The lowest BCUT2D eigenvalue weighted by Gasteiger charge is -2.13. The second-order valence-electron chi connectivity index (χ2n) is 9.34. The van der Waals surface area contributed by atoms with Gasteiger partial charge in [-0.1, -0.05) is 12.1 Å². The Kier molecular flexibility index (Phi) is 8.17. The molecule has 19 nitrogen and oxygen atoms in total. The van der Waals surface area contributed by atoms with E-state index in [4.69, 9.17) is 0 Å². The van der Waals surface area contributed by atoms with E-state index >= 15 is 0 Å². The molecule has 47 heavy (non-hydrogen) atoms. The summed E-state index contributed by atoms with van der Waals surface area (Å²) >= 11 is 0. The van der Waals surface area contributed by atoms with Crippen LogP contribution in [0, 0.1) is 0 Å². The number of benzene rings is 3. The van der Waals surface area contributed by atoms with Gasteiger partial charge in [-0.2, -0.15) is 25.3 Å². The molecular formula is C25H17N6O13S3+. The van der Waals surface area contributed by atoms with Gasteiger partial charge in [-0.3, -0.25) is 18.6 Å². The third-order valence-corrected chi connectivity index (χ3v) is 8.87. The molecule has 0 aliphatic rings. The number of aromatic carboxylic acids is 1. The van der Waals surface area contributed by atoms with Gasteiger partial charge in [0, 0.05) is 10.9 Å². The number of nitrogens with zero attached hydrogens (tertiary/aromatic N) is 5. The Labute approximate surface area is 262 Å². The minimum atomic E-state index is -5.30. The number of rotatable bonds is 8. The monoisotopic (exact) mass is 705 g/mol. The normalized spacial score (nSPS) is 12.5. The zero-order chi connectivity index (χ0) is 34.5. The number of carbonyl (C=O) groups is 1. The van der Waals surface area contributed by atoms with Crippen molar-refractivity contribution in [1.82, 2.24) is 15.0 Å². The fraction of sp³-hybridized carbons (Fsp3) is 0. The average Bonchev–Trinajstić information content (AvgIpc) is 2.98. The van der Waals surface area contributed by atoms with E-state index in [0.717, 1.165) is 29.0 Å². The van der Waals surface area contributed by atoms with Crippen molar-refractivity contribution in [3.8, 4) is 23.1 Å². The van der Waals surface area contributed by atoms with Crippen molar-refractivity contribution in [2.45, 2.75) is 14.7 Å². The highest BCUT2D eigenvalue weighted by Crippen LogP contribution is 2.45. The number of aromatic amines is 1. The molecule has 3 aromatic carbocycles. The van der Waals surface area contributed by atoms with Crippen LogP contribution in [0.1, 0.15) is 10.4 Å². The maximum atomic E-state index is 12.6. The third-order valence-electron chi connectivity index (χ3n) is 6.27. The standard InChI is InChI=1S/C25H16N6O13S3/c32-21-19-13(9-18(47(42,43)44)20(21)30-29-16-5-1-2-6-17(16)46(39,40)41)8-14(45(36,37)38)10-15(19)22-26-24(28-25(35)27-22)31-7-3-4-12(11-31)23(33)34/h1-11H,(H5-,26,27,28,29,32,33,34,35,36,37,38,39,40,41,42,43,44)/p+1. The van der Waals surface area contributed by atoms with E-state index < -0.39 is 102 Å². The molecule has 6 N–H and O–H groups in total. The summed E-state index contributed by atoms with van der Waals surface area (Å²) < 4.78 is 103. The van der Waals surface area contributed by atoms with Gasteiger partial charge in [-0.25, -0.2) is 14.2 Å². The minimum absolute atomic E-state index is 0.238. The minimum Gasteiger partial charge on any atom is -0.505 e. The average molecular weight is 706 g/mol. The summed E-state index contributed by atoms with van der Waals surface area (Å²) in [5, 5.41) is 27.0. The Morgan fingerprint density at radius 1 is 0.830 bits per heavy atom. The molecule has 5 rings (SSSR count). The summed E-state index contributed by atoms with van der Waals surface area (Å²) in [6.07, 6.45) is 2.32. The van der Waals surface area contributed by atoms with Crippen molar-refractivity contribution in [3.63, 3.8) is 0 Å². The van der Waals surface area contributed by atoms with Crippen LogP contribution in [0.2, 0.25) is 0 Å². The first-order valence-corrected chi connectivity index (χ1v) is 16.7. The number of carboxylic acids is 1. The summed E-state index contributed by atoms with van der Waals surface area (Å²) in [6.45, 7) is 0. The second-order valence-corrected chi connectivity index (χ2v) is 13.5. The van der Waals surface area contributed by atoms with Gasteiger partial charge in [0.2, 0.25) is 5.82 Å². The van der Waals surface area contributed by atoms with Crippen molar-refractivity contribution in [1.29, 1.82) is 0 Å². The van der Waals surface area contributed by atoms with Gasteiger partial charge in [-0.05, 0) is 57.8 Å². The number of H-pyrrole nitrogens is 1. The molecule has 0 unspecified atom stereocenters. The summed E-state index contributed by atoms with van der Waals surface area (Å²) in [4.78, 5) is 31.2. The molecule has 0 amide bonds. The molecule has 2 heterocycles. The quantitative estimate of drug-likeness (QED) is 0.0762. The largest absolute Gasteiger partial charge is 0.505 e. The van der Waals surface area contributed by atoms with Crippen LogP contribution >= 0.6 is 0 Å². The Hall–Kier alpha value is -5.52. The first-order chi connectivity index (χ1) is 21.8. The van der Waals surface area contributed by atoms with E-state index in [1.165, 1.54) is 30.5 Å². The molecule has 0 bridgehead atoms. The van der Waals surface area contributed by atoms with Gasteiger partial charge >= 0.3 is 17.6 Å². The number of phenols is 1. The first kappa shape index (κ1) is 32.9. The van der Waals surface area contributed by atoms with E-state index in [-0.39, 0.29) is 5.56 Å². The molecule has 0 atom stereocenters. The fourth-order valence-electron chi connectivity index (χ4n) is 4.29. The van der Waals surface area contributed by atoms with Gasteiger partial charge < -0.3 is 10.2 Å². The number of carboxylic acid groups (broad SMARTS) is 1. The predicted octanol–water partition coefficient (Wildman–Crippen LogP) is 1.82. The van der Waals surface area contributed by atoms with Crippen LogP contribution in [0.5, 0.6) is 5.75 Å². The number of nitrogens with one attached hydrogen (secondary N) is 1. The highest BCUT2D eigenvalue weighted by atomic mass is 32.2. The molecule has 0 saturated carbocycles. The molecular weight excluding hydrogens is 689 g/mol. The second kappa shape index (κ2) is 11.7. The number of hydrogen-bond donors (Lipinski definition) is 6. The molecule has 22 heteroatoms. The SMILES string of the molecule is O=C(O)c1ccc[n+](-c2nc(-c3cc(S(=O)(=O)O)cc4cc(S(=O)(=O)O)c(N=Nc5ccccc5S(=O)(=O)O)c(O)c34)[nH]c(=O)n2)c1. The summed E-state index contributed by atoms with van der Waals surface area (Å²) in [6, 6.07) is 9.12. The topological polar surface area (TPSA) is 308 Å². The van der Waals surface area contributed by atoms with Crippen LogP contribution < -0.4 is 10.3 Å². The molecule has 0 radical (unpaired) electrons. The fourth-order valence-corrected chi connectivity index (χ4v) is 6.12. The number of aromatic nitrogens is 4. The highest BCUT2D eigenvalue weighted by Gasteiger charge is 2.28. The predicted molar refractivity (Wildman–Crippen MR) is 156 cm³/mol. The Morgan fingerprint density at radius 3 is 2.15 bits per heavy atom. The number of pyridine rings is 1. The van der Waals surface area contributed by atoms with Crippen molar-refractivity contribution in [3.05, 3.63) is 83.0 Å². The lowest BCUT2D eigenvalue weighted by Crippen LogP contribution is -2.36. The van der Waals surface area contributed by atoms with E-state index in [1.54, 1.807) is 0 Å². The van der Waals surface area contributed by atoms with Gasteiger partial charge in [0.25, 0.3) is 30.4 Å². The van der Waals surface area contributed by atoms with Crippen LogP contribution in [0.25, 0.3) is 28.1 Å². The van der Waals surface area contributed by atoms with Crippen LogP contribution in [0.4, 0.5) is 11.4 Å². The smallest absolute Gasteiger partial charge is 0.444 e. The maximum absolute atomic E-state index is 12.6. The Morgan fingerprint density at radius 2 is 1.51 bits per heavy atom. The van der Waals surface area contributed by atoms with E-state index in [2.05, 4.69) is 25.2 Å². The third kappa shape index (κ3) is 6.71. The molecule has 0 aliphatic carbocycles. The molecule has 0 spiro atoms. The Balaban J connectivity index is 1.87. The summed E-state index contributed by atoms with van der Waals surface area (Å²) in [5.41, 5.74) is -3.37. The van der Waals surface area contributed by atoms with E-state index in [1.807, 2.05) is 0 Å². The Bertz CT molecular complexity index is 2570. The maximum Gasteiger partial charge on any atom is 0.444 e. The highest BCUT2D eigenvalue weighted by molar-refractivity contribution is 7.86. The van der Waals surface area contributed by atoms with Crippen LogP contribution in [-0.4, -0.2) is 70.0 Å². The van der Waals surface area contributed by atoms with Gasteiger partial charge in [0.15, 0.2) is 5.75 Å². The van der Waals surface area contributed by atoms with E-state index in [0.29, 0.717) is 12.1 Å². The van der Waals surface area contributed by atoms with Gasteiger partial charge in [-0.15, -0.1) is 10.2 Å². The molecule has 242 valence electrons. The van der Waals surface area contributed by atoms with Crippen molar-refractivity contribution < 1.29 is 58.5 Å². The summed E-state index contributed by atoms with van der Waals surface area (Å²) in [5.74, 6) is -3.45. The van der Waals surface area contributed by atoms with Gasteiger partial charge in [0.05, 0.1) is 22.9 Å². The van der Waals surface area contributed by atoms with Crippen LogP contribution in [0.3, 0.4) is 0 Å². The van der Waals surface area contributed by atoms with Crippen molar-refractivity contribution >= 4 is 58.5 Å². The number of aromatic hydroxyl groups is 1. The molecule has 2 aromatic heterocycles. The first-order valence-electron chi connectivity index (χ1n) is 12.4. The molecule has 5 aromatic rings. The van der Waals surface area contributed by atoms with Crippen LogP contribution in [0.15, 0.2) is 96.7 Å². The van der Waals surface area contributed by atoms with E-state index in [9.17, 15) is 58.7 Å². The number of hydrogen-bond acceptors (Lipinski definition) is 13. The number of azo groups is 1. The molecule has 0 fully saturated rings. The zero-order valence-electron chi connectivity index (χ0n) is 22.8.